The molecule has 0 saturated carbocycles. The fourth-order valence-corrected chi connectivity index (χ4v) is 1.47. The van der Waals surface area contributed by atoms with Gasteiger partial charge in [0.15, 0.2) is 0 Å². The minimum atomic E-state index is -0.258. The zero-order valence-corrected chi connectivity index (χ0v) is 9.34. The molecule has 0 aliphatic carbocycles. The van der Waals surface area contributed by atoms with Crippen molar-refractivity contribution in [1.29, 1.82) is 0 Å². The van der Waals surface area contributed by atoms with Crippen LogP contribution in [-0.4, -0.2) is 16.0 Å². The van der Waals surface area contributed by atoms with Crippen LogP contribution < -0.4 is 5.32 Å². The van der Waals surface area contributed by atoms with Crippen LogP contribution >= 0.6 is 0 Å². The van der Waals surface area contributed by atoms with Crippen molar-refractivity contribution in [1.82, 2.24) is 4.98 Å². The molecule has 0 aliphatic rings. The monoisotopic (exact) mass is 228 g/mol. The second-order valence-corrected chi connectivity index (χ2v) is 3.69. The van der Waals surface area contributed by atoms with Crippen LogP contribution in [-0.2, 0) is 0 Å². The van der Waals surface area contributed by atoms with Crippen LogP contribution in [0.1, 0.15) is 16.1 Å². The molecule has 1 heterocycles. The zero-order valence-electron chi connectivity index (χ0n) is 9.34. The number of nitrogens with zero attached hydrogens (tertiary/aromatic N) is 1. The number of pyridine rings is 1. The van der Waals surface area contributed by atoms with Gasteiger partial charge >= 0.3 is 0 Å². The fourth-order valence-electron chi connectivity index (χ4n) is 1.47. The summed E-state index contributed by atoms with van der Waals surface area (Å²) in [5.41, 5.74) is 1.93. The van der Waals surface area contributed by atoms with Gasteiger partial charge in [0, 0.05) is 23.1 Å². The topological polar surface area (TPSA) is 62.2 Å². The van der Waals surface area contributed by atoms with E-state index in [4.69, 9.17) is 0 Å². The van der Waals surface area contributed by atoms with E-state index in [1.54, 1.807) is 30.5 Å². The molecule has 4 nitrogen and oxygen atoms in total. The second kappa shape index (κ2) is 4.65. The maximum absolute atomic E-state index is 11.8. The van der Waals surface area contributed by atoms with Crippen LogP contribution in [0.3, 0.4) is 0 Å². The zero-order chi connectivity index (χ0) is 12.3. The Morgan fingerprint density at radius 3 is 2.82 bits per heavy atom. The Bertz CT molecular complexity index is 553. The van der Waals surface area contributed by atoms with Gasteiger partial charge in [0.05, 0.1) is 0 Å². The molecule has 0 radical (unpaired) electrons. The largest absolute Gasteiger partial charge is 0.508 e. The van der Waals surface area contributed by atoms with Gasteiger partial charge in [0.2, 0.25) is 0 Å². The normalized spacial score (nSPS) is 9.94. The smallest absolute Gasteiger partial charge is 0.255 e. The average Bonchev–Trinajstić information content (AvgIpc) is 2.29. The molecule has 86 valence electrons. The van der Waals surface area contributed by atoms with Gasteiger partial charge in [0.25, 0.3) is 5.91 Å². The summed E-state index contributed by atoms with van der Waals surface area (Å²) in [6, 6.07) is 9.70. The highest BCUT2D eigenvalue weighted by molar-refractivity contribution is 6.04. The van der Waals surface area contributed by atoms with Crippen molar-refractivity contribution in [3.8, 4) is 5.75 Å². The van der Waals surface area contributed by atoms with Crippen LogP contribution in [0, 0.1) is 6.92 Å². The lowest BCUT2D eigenvalue weighted by molar-refractivity contribution is 0.102. The highest BCUT2D eigenvalue weighted by Crippen LogP contribution is 2.13. The SMILES string of the molecule is Cc1cc(NC(=O)c2cccc(O)c2)ccn1. The van der Waals surface area contributed by atoms with Gasteiger partial charge in [-0.15, -0.1) is 0 Å². The van der Waals surface area contributed by atoms with Crippen molar-refractivity contribution in [2.24, 2.45) is 0 Å². The number of phenolic OH excluding ortho intramolecular Hbond substituents is 1. The van der Waals surface area contributed by atoms with Crippen molar-refractivity contribution in [2.45, 2.75) is 6.92 Å². The third kappa shape index (κ3) is 2.81. The molecular formula is C13H12N2O2. The number of amides is 1. The summed E-state index contributed by atoms with van der Waals surface area (Å²) in [5, 5.41) is 12.0. The van der Waals surface area contributed by atoms with Crippen molar-refractivity contribution in [3.63, 3.8) is 0 Å². The minimum Gasteiger partial charge on any atom is -0.508 e. The highest BCUT2D eigenvalue weighted by atomic mass is 16.3. The molecule has 1 amide bonds. The predicted octanol–water partition coefficient (Wildman–Crippen LogP) is 2.35. The molecule has 0 fully saturated rings. The standard InChI is InChI=1S/C13H12N2O2/c1-9-7-11(5-6-14-9)15-13(17)10-3-2-4-12(16)8-10/h2-8,16H,1H3,(H,14,15,17). The number of anilines is 1. The molecule has 2 aromatic rings. The van der Waals surface area contributed by atoms with Gasteiger partial charge in [0.1, 0.15) is 5.75 Å². The first-order valence-corrected chi connectivity index (χ1v) is 5.18. The summed E-state index contributed by atoms with van der Waals surface area (Å²) < 4.78 is 0. The minimum absolute atomic E-state index is 0.0727. The number of phenols is 1. The van der Waals surface area contributed by atoms with E-state index in [1.165, 1.54) is 12.1 Å². The predicted molar refractivity (Wildman–Crippen MR) is 65.0 cm³/mol. The maximum atomic E-state index is 11.8. The number of rotatable bonds is 2. The van der Waals surface area contributed by atoms with E-state index in [9.17, 15) is 9.90 Å². The van der Waals surface area contributed by atoms with Gasteiger partial charge in [-0.2, -0.15) is 0 Å². The van der Waals surface area contributed by atoms with Gasteiger partial charge in [-0.05, 0) is 37.3 Å². The Labute approximate surface area is 98.9 Å². The molecular weight excluding hydrogens is 216 g/mol. The Kier molecular flexibility index (Phi) is 3.05. The molecule has 0 atom stereocenters. The Morgan fingerprint density at radius 2 is 2.12 bits per heavy atom. The lowest BCUT2D eigenvalue weighted by Gasteiger charge is -2.05. The van der Waals surface area contributed by atoms with Gasteiger partial charge in [-0.1, -0.05) is 6.07 Å². The molecule has 1 aromatic heterocycles. The van der Waals surface area contributed by atoms with Gasteiger partial charge < -0.3 is 10.4 Å². The van der Waals surface area contributed by atoms with E-state index < -0.39 is 0 Å². The maximum Gasteiger partial charge on any atom is 0.255 e. The Hall–Kier alpha value is -2.36. The van der Waals surface area contributed by atoms with Gasteiger partial charge in [-0.25, -0.2) is 0 Å². The number of hydrogen-bond acceptors (Lipinski definition) is 3. The van der Waals surface area contributed by atoms with Crippen molar-refractivity contribution in [3.05, 3.63) is 53.9 Å². The van der Waals surface area contributed by atoms with E-state index >= 15 is 0 Å². The van der Waals surface area contributed by atoms with Crippen molar-refractivity contribution >= 4 is 11.6 Å². The first-order chi connectivity index (χ1) is 8.15. The van der Waals surface area contributed by atoms with Crippen LogP contribution in [0.2, 0.25) is 0 Å². The molecule has 0 saturated heterocycles. The Balaban J connectivity index is 2.17. The molecule has 0 spiro atoms. The molecule has 0 aliphatic heterocycles. The number of carbonyl (C=O) groups is 1. The number of aryl methyl sites for hydroxylation is 1. The number of aromatic nitrogens is 1. The Morgan fingerprint density at radius 1 is 1.29 bits per heavy atom. The molecule has 4 heteroatoms. The van der Waals surface area contributed by atoms with Gasteiger partial charge in [-0.3, -0.25) is 9.78 Å². The van der Waals surface area contributed by atoms with E-state index in [-0.39, 0.29) is 11.7 Å². The van der Waals surface area contributed by atoms with Crippen molar-refractivity contribution < 1.29 is 9.90 Å². The summed E-state index contributed by atoms with van der Waals surface area (Å²) in [6.45, 7) is 1.85. The summed E-state index contributed by atoms with van der Waals surface area (Å²) in [5.74, 6) is -0.185. The summed E-state index contributed by atoms with van der Waals surface area (Å²) in [6.07, 6.45) is 1.63. The van der Waals surface area contributed by atoms with Crippen molar-refractivity contribution in [2.75, 3.05) is 5.32 Å². The lowest BCUT2D eigenvalue weighted by Crippen LogP contribution is -2.11. The lowest BCUT2D eigenvalue weighted by atomic mass is 10.2. The quantitative estimate of drug-likeness (QED) is 0.829. The summed E-state index contributed by atoms with van der Waals surface area (Å²) in [7, 11) is 0. The number of carbonyl (C=O) groups excluding carboxylic acids is 1. The first-order valence-electron chi connectivity index (χ1n) is 5.18. The third-order valence-electron chi connectivity index (χ3n) is 2.26. The highest BCUT2D eigenvalue weighted by Gasteiger charge is 2.06. The summed E-state index contributed by atoms with van der Waals surface area (Å²) in [4.78, 5) is 15.9. The van der Waals surface area contributed by atoms with E-state index in [1.807, 2.05) is 6.92 Å². The first kappa shape index (κ1) is 11.1. The van der Waals surface area contributed by atoms with Crippen LogP contribution in [0.4, 0.5) is 5.69 Å². The average molecular weight is 228 g/mol. The molecule has 0 unspecified atom stereocenters. The molecule has 17 heavy (non-hydrogen) atoms. The summed E-state index contributed by atoms with van der Waals surface area (Å²) >= 11 is 0. The van der Waals surface area contributed by atoms with Crippen LogP contribution in [0.15, 0.2) is 42.6 Å². The van der Waals surface area contributed by atoms with Crippen LogP contribution in [0.25, 0.3) is 0 Å². The number of hydrogen-bond donors (Lipinski definition) is 2. The van der Waals surface area contributed by atoms with E-state index in [0.29, 0.717) is 11.3 Å². The van der Waals surface area contributed by atoms with E-state index in [2.05, 4.69) is 10.3 Å². The number of benzene rings is 1. The molecule has 2 N–H and O–H groups in total. The molecule has 2 rings (SSSR count). The fraction of sp³-hybridized carbons (Fsp3) is 0.0769. The molecule has 0 bridgehead atoms. The van der Waals surface area contributed by atoms with Crippen LogP contribution in [0.5, 0.6) is 5.75 Å². The number of aromatic hydroxyl groups is 1. The molecule has 1 aromatic carbocycles. The van der Waals surface area contributed by atoms with E-state index in [0.717, 1.165) is 5.69 Å². The number of nitrogens with one attached hydrogen (secondary N) is 1. The third-order valence-corrected chi connectivity index (χ3v) is 2.26. The second-order valence-electron chi connectivity index (χ2n) is 3.69.